The van der Waals surface area contributed by atoms with Crippen molar-refractivity contribution in [3.8, 4) is 0 Å². The molecule has 0 aromatic heterocycles. The Bertz CT molecular complexity index is 484. The molecule has 1 aromatic carbocycles. The van der Waals surface area contributed by atoms with Gasteiger partial charge in [-0.2, -0.15) is 0 Å². The number of hydrogen-bond donors (Lipinski definition) is 2. The minimum atomic E-state index is -0.225. The summed E-state index contributed by atoms with van der Waals surface area (Å²) in [6.45, 7) is 4.22. The number of rotatable bonds is 4. The molecule has 1 fully saturated rings. The van der Waals surface area contributed by atoms with Crippen LogP contribution in [-0.2, 0) is 0 Å². The first kappa shape index (κ1) is 15.1. The molecule has 1 saturated carbocycles. The highest BCUT2D eigenvalue weighted by Crippen LogP contribution is 2.44. The monoisotopic (exact) mass is 297 g/mol. The molecule has 0 saturated heterocycles. The second kappa shape index (κ2) is 6.44. The predicted octanol–water partition coefficient (Wildman–Crippen LogP) is 3.30. The predicted molar refractivity (Wildman–Crippen MR) is 81.9 cm³/mol. The zero-order chi connectivity index (χ0) is 14.7. The van der Waals surface area contributed by atoms with Gasteiger partial charge in [0.2, 0.25) is 0 Å². The van der Waals surface area contributed by atoms with E-state index in [2.05, 4.69) is 29.5 Å². The van der Waals surface area contributed by atoms with Gasteiger partial charge in [-0.3, -0.25) is 4.99 Å². The summed E-state index contributed by atoms with van der Waals surface area (Å²) in [4.78, 5) is 4.20. The molecule has 2 rings (SSSR count). The molecule has 0 bridgehead atoms. The van der Waals surface area contributed by atoms with E-state index in [1.807, 2.05) is 0 Å². The molecule has 0 spiro atoms. The molecular weight excluding hydrogens is 277 g/mol. The van der Waals surface area contributed by atoms with Crippen molar-refractivity contribution in [1.82, 2.24) is 10.6 Å². The van der Waals surface area contributed by atoms with E-state index in [-0.39, 0.29) is 17.8 Å². The van der Waals surface area contributed by atoms with E-state index in [0.717, 1.165) is 18.8 Å². The molecule has 0 radical (unpaired) electrons. The Balaban J connectivity index is 1.98. The fourth-order valence-corrected chi connectivity index (χ4v) is 2.52. The van der Waals surface area contributed by atoms with E-state index in [0.29, 0.717) is 16.6 Å². The Kier molecular flexibility index (Phi) is 4.86. The van der Waals surface area contributed by atoms with Gasteiger partial charge < -0.3 is 10.6 Å². The Morgan fingerprint density at radius 1 is 1.55 bits per heavy atom. The highest BCUT2D eigenvalue weighted by molar-refractivity contribution is 6.31. The van der Waals surface area contributed by atoms with Gasteiger partial charge in [-0.25, -0.2) is 4.39 Å². The quantitative estimate of drug-likeness (QED) is 0.661. The minimum absolute atomic E-state index is 0.124. The van der Waals surface area contributed by atoms with Crippen LogP contribution in [0.2, 0.25) is 5.02 Å². The average molecular weight is 298 g/mol. The molecule has 0 aliphatic heterocycles. The van der Waals surface area contributed by atoms with Crippen molar-refractivity contribution in [3.05, 3.63) is 34.6 Å². The average Bonchev–Trinajstić information content (AvgIpc) is 3.16. The Morgan fingerprint density at radius 2 is 2.30 bits per heavy atom. The molecule has 20 heavy (non-hydrogen) atoms. The smallest absolute Gasteiger partial charge is 0.191 e. The molecule has 1 aliphatic carbocycles. The van der Waals surface area contributed by atoms with Crippen LogP contribution in [0.5, 0.6) is 0 Å². The number of aliphatic imine (C=N–C) groups is 1. The first-order chi connectivity index (χ1) is 9.56. The third-order valence-corrected chi connectivity index (χ3v) is 4.03. The van der Waals surface area contributed by atoms with Crippen molar-refractivity contribution < 1.29 is 4.39 Å². The van der Waals surface area contributed by atoms with Crippen molar-refractivity contribution >= 4 is 17.6 Å². The number of guanidine groups is 1. The Morgan fingerprint density at radius 3 is 2.90 bits per heavy atom. The lowest BCUT2D eigenvalue weighted by molar-refractivity contribution is 0.604. The van der Waals surface area contributed by atoms with Crippen LogP contribution in [0, 0.1) is 5.82 Å². The summed E-state index contributed by atoms with van der Waals surface area (Å²) in [6.07, 6.45) is 1.90. The fraction of sp³-hybridized carbons (Fsp3) is 0.533. The van der Waals surface area contributed by atoms with Gasteiger partial charge in [-0.1, -0.05) is 24.6 Å². The number of benzene rings is 1. The summed E-state index contributed by atoms with van der Waals surface area (Å²) >= 11 is 6.09. The van der Waals surface area contributed by atoms with Gasteiger partial charge in [0.15, 0.2) is 5.96 Å². The third-order valence-electron chi connectivity index (χ3n) is 3.70. The van der Waals surface area contributed by atoms with Gasteiger partial charge in [-0.15, -0.1) is 0 Å². The summed E-state index contributed by atoms with van der Waals surface area (Å²) in [5.41, 5.74) is 0.616. The molecule has 0 amide bonds. The second-order valence-corrected chi connectivity index (χ2v) is 5.66. The van der Waals surface area contributed by atoms with Crippen LogP contribution in [-0.4, -0.2) is 25.1 Å². The summed E-state index contributed by atoms with van der Waals surface area (Å²) < 4.78 is 13.8. The van der Waals surface area contributed by atoms with E-state index < -0.39 is 0 Å². The van der Waals surface area contributed by atoms with E-state index in [1.165, 1.54) is 6.07 Å². The molecule has 1 aliphatic rings. The van der Waals surface area contributed by atoms with E-state index in [1.54, 1.807) is 19.2 Å². The standard InChI is InChI=1S/C15H21ClFN3/c1-4-9(2)19-15(18-3)20-13-8-10(13)14-11(16)6-5-7-12(14)17/h5-7,9-10,13H,4,8H2,1-3H3,(H2,18,19,20). The molecule has 3 unspecified atom stereocenters. The summed E-state index contributed by atoms with van der Waals surface area (Å²) in [5, 5.41) is 7.13. The molecular formula is C15H21ClFN3. The maximum Gasteiger partial charge on any atom is 0.191 e. The topological polar surface area (TPSA) is 36.4 Å². The number of hydrogen-bond acceptors (Lipinski definition) is 1. The SMILES string of the molecule is CCC(C)NC(=NC)NC1CC1c1c(F)cccc1Cl. The lowest BCUT2D eigenvalue weighted by Gasteiger charge is -2.16. The minimum Gasteiger partial charge on any atom is -0.354 e. The van der Waals surface area contributed by atoms with Crippen LogP contribution >= 0.6 is 11.6 Å². The van der Waals surface area contributed by atoms with Crippen molar-refractivity contribution in [3.63, 3.8) is 0 Å². The van der Waals surface area contributed by atoms with Crippen LogP contribution in [0.3, 0.4) is 0 Å². The summed E-state index contributed by atoms with van der Waals surface area (Å²) in [5.74, 6) is 0.662. The number of nitrogens with one attached hydrogen (secondary N) is 2. The molecule has 110 valence electrons. The summed E-state index contributed by atoms with van der Waals surface area (Å²) in [7, 11) is 1.74. The van der Waals surface area contributed by atoms with Crippen LogP contribution < -0.4 is 10.6 Å². The third kappa shape index (κ3) is 3.42. The lowest BCUT2D eigenvalue weighted by atomic mass is 10.1. The highest BCUT2D eigenvalue weighted by Gasteiger charge is 2.41. The van der Waals surface area contributed by atoms with Gasteiger partial charge in [0.1, 0.15) is 5.82 Å². The van der Waals surface area contributed by atoms with Crippen LogP contribution in [0.4, 0.5) is 4.39 Å². The molecule has 5 heteroatoms. The van der Waals surface area contributed by atoms with Crippen molar-refractivity contribution in [2.45, 2.75) is 44.7 Å². The number of nitrogens with zero attached hydrogens (tertiary/aromatic N) is 1. The van der Waals surface area contributed by atoms with Crippen LogP contribution in [0.25, 0.3) is 0 Å². The first-order valence-electron chi connectivity index (χ1n) is 7.00. The fourth-order valence-electron chi connectivity index (χ4n) is 2.22. The second-order valence-electron chi connectivity index (χ2n) is 5.25. The molecule has 1 aromatic rings. The summed E-state index contributed by atoms with van der Waals surface area (Å²) in [6, 6.07) is 5.38. The van der Waals surface area contributed by atoms with Gasteiger partial charge in [0.05, 0.1) is 0 Å². The van der Waals surface area contributed by atoms with E-state index in [4.69, 9.17) is 11.6 Å². The molecule has 0 heterocycles. The zero-order valence-electron chi connectivity index (χ0n) is 12.1. The normalized spacial score (nSPS) is 23.4. The lowest BCUT2D eigenvalue weighted by Crippen LogP contribution is -2.43. The van der Waals surface area contributed by atoms with Crippen LogP contribution in [0.15, 0.2) is 23.2 Å². The van der Waals surface area contributed by atoms with E-state index >= 15 is 0 Å². The molecule has 3 nitrogen and oxygen atoms in total. The van der Waals surface area contributed by atoms with Gasteiger partial charge in [0, 0.05) is 35.6 Å². The van der Waals surface area contributed by atoms with Crippen molar-refractivity contribution in [1.29, 1.82) is 0 Å². The van der Waals surface area contributed by atoms with Gasteiger partial charge >= 0.3 is 0 Å². The maximum absolute atomic E-state index is 13.8. The largest absolute Gasteiger partial charge is 0.354 e. The molecule has 2 N–H and O–H groups in total. The Labute approximate surface area is 124 Å². The zero-order valence-corrected chi connectivity index (χ0v) is 12.8. The van der Waals surface area contributed by atoms with Crippen molar-refractivity contribution in [2.24, 2.45) is 4.99 Å². The first-order valence-corrected chi connectivity index (χ1v) is 7.38. The van der Waals surface area contributed by atoms with Gasteiger partial charge in [-0.05, 0) is 31.9 Å². The maximum atomic E-state index is 13.8. The van der Waals surface area contributed by atoms with Gasteiger partial charge in [0.25, 0.3) is 0 Å². The highest BCUT2D eigenvalue weighted by atomic mass is 35.5. The van der Waals surface area contributed by atoms with E-state index in [9.17, 15) is 4.39 Å². The van der Waals surface area contributed by atoms with Crippen molar-refractivity contribution in [2.75, 3.05) is 7.05 Å². The molecule has 3 atom stereocenters. The number of halogens is 2. The van der Waals surface area contributed by atoms with Crippen LogP contribution in [0.1, 0.15) is 38.2 Å². The Hall–Kier alpha value is -1.29.